The molecule has 0 radical (unpaired) electrons. The van der Waals surface area contributed by atoms with E-state index >= 15 is 0 Å². The number of carboxylic acid groups (broad SMARTS) is 1. The number of unbranched alkanes of at least 4 members (excludes halogenated alkanes) is 3. The Morgan fingerprint density at radius 3 is 1.03 bits per heavy atom. The highest BCUT2D eigenvalue weighted by Gasteiger charge is 2.41. The zero-order valence-corrected chi connectivity index (χ0v) is 86.0. The Balaban J connectivity index is 2.38. The third-order valence-corrected chi connectivity index (χ3v) is 23.4. The number of benzene rings is 2. The molecule has 0 spiro atoms. The number of aliphatic hydroxyl groups excluding tert-OH is 5. The first-order valence-corrected chi connectivity index (χ1v) is 50.3. The molecular formula is C92H154N30O27S. The van der Waals surface area contributed by atoms with Gasteiger partial charge < -0.3 is 183 Å². The van der Waals surface area contributed by atoms with E-state index in [1.165, 1.54) is 32.5 Å². The molecule has 2 aromatic carbocycles. The first-order valence-electron chi connectivity index (χ1n) is 48.9. The highest BCUT2D eigenvalue weighted by molar-refractivity contribution is 7.98. The number of guanidine groups is 2. The molecule has 20 amide bonds. The third-order valence-electron chi connectivity index (χ3n) is 22.8. The number of rotatable bonds is 75. The van der Waals surface area contributed by atoms with Gasteiger partial charge in [0.2, 0.25) is 118 Å². The number of amides is 20. The topological polar surface area (TPSA) is 976 Å². The molecule has 0 fully saturated rings. The molecule has 840 valence electrons. The van der Waals surface area contributed by atoms with Gasteiger partial charge in [0.05, 0.1) is 51.0 Å². The number of thioether (sulfide) groups is 1. The number of carboxylic acids is 1. The molecule has 0 saturated heterocycles. The second-order valence-corrected chi connectivity index (χ2v) is 36.8. The van der Waals surface area contributed by atoms with Gasteiger partial charge in [-0.3, -0.25) is 107 Å². The highest BCUT2D eigenvalue weighted by Crippen LogP contribution is 2.16. The van der Waals surface area contributed by atoms with Gasteiger partial charge in [-0.05, 0) is 173 Å². The monoisotopic (exact) mass is 2140 g/mol. The first-order chi connectivity index (χ1) is 70.9. The van der Waals surface area contributed by atoms with Crippen molar-refractivity contribution in [1.29, 1.82) is 10.8 Å². The van der Waals surface area contributed by atoms with Crippen LogP contribution in [-0.2, 0) is 114 Å². The van der Waals surface area contributed by atoms with Gasteiger partial charge in [0.15, 0.2) is 11.9 Å². The summed E-state index contributed by atoms with van der Waals surface area (Å²) in [6.45, 7) is 3.91. The zero-order valence-electron chi connectivity index (χ0n) is 85.2. The molecule has 0 saturated carbocycles. The number of aliphatic carboxylic acids is 1. The van der Waals surface area contributed by atoms with Crippen molar-refractivity contribution >= 4 is 148 Å². The number of nitrogens with one attached hydrogen (secondary N) is 22. The van der Waals surface area contributed by atoms with Crippen LogP contribution >= 0.6 is 11.8 Å². The first kappa shape index (κ1) is 132. The molecule has 0 bridgehead atoms. The van der Waals surface area contributed by atoms with Crippen LogP contribution in [0.2, 0.25) is 0 Å². The van der Waals surface area contributed by atoms with Crippen molar-refractivity contribution in [1.82, 2.24) is 106 Å². The molecule has 44 N–H and O–H groups in total. The lowest BCUT2D eigenvalue weighted by Crippen LogP contribution is -2.62. The summed E-state index contributed by atoms with van der Waals surface area (Å²) in [5.41, 5.74) is 45.7. The third kappa shape index (κ3) is 51.6. The van der Waals surface area contributed by atoms with E-state index < -0.39 is 309 Å². The fourth-order valence-electron chi connectivity index (χ4n) is 14.4. The second-order valence-electron chi connectivity index (χ2n) is 35.8. The number of aliphatic hydroxyl groups is 5. The Hall–Kier alpha value is -14.2. The average molecular weight is 2140 g/mol. The van der Waals surface area contributed by atoms with Crippen LogP contribution in [0.4, 0.5) is 0 Å². The van der Waals surface area contributed by atoms with E-state index in [0.29, 0.717) is 30.4 Å². The lowest BCUT2D eigenvalue weighted by atomic mass is 10.0. The summed E-state index contributed by atoms with van der Waals surface area (Å²) in [6, 6.07) is -11.9. The molecule has 2 rings (SSSR count). The van der Waals surface area contributed by atoms with Crippen LogP contribution in [0.25, 0.3) is 0 Å². The van der Waals surface area contributed by atoms with Gasteiger partial charge in [0, 0.05) is 32.4 Å². The summed E-state index contributed by atoms with van der Waals surface area (Å²) in [7, 11) is 0. The molecular weight excluding hydrogens is 1990 g/mol. The fourth-order valence-corrected chi connectivity index (χ4v) is 14.9. The zero-order chi connectivity index (χ0) is 113. The minimum atomic E-state index is -2.00. The van der Waals surface area contributed by atoms with E-state index in [1.54, 1.807) is 66.9 Å². The smallest absolute Gasteiger partial charge is 0.326 e. The molecule has 0 aromatic heterocycles. The SMILES string of the molecule is CSCC[C@H](NC(=O)CNC(=O)[C@@H](NC(=O)CNC(=O)[C@@H](NC(=O)[C@H](NC(=O)[C@H](CC(N)=O)NC(=O)[C@H](CCCNC(=N)N)NC(=O)[C@H](Cc1ccccc1)NC(=O)[C@@H](N)CO)[C@@H](C)O)C(C)C)[C@@H](C)O)C(=O)N[C@@H](CCCCN)C(=O)N[C@@H](CCCCN)C(=O)N[C@H](C(=O)N[C@@H](CO)C(=O)N[C@@H](Cc1ccccc1)C(=O)N[C@@H](CCC(N)=O)C(=O)N[C@@H](CCCNC(=N)N)C(=O)N[C@@H](C)C(=O)N[C@@H](CCCCN)C(=O)O)[C@@H](C)O. The van der Waals surface area contributed by atoms with Crippen LogP contribution < -0.4 is 152 Å². The average Bonchev–Trinajstić information content (AvgIpc) is 0.847. The lowest BCUT2D eigenvalue weighted by Gasteiger charge is -2.29. The van der Waals surface area contributed by atoms with Crippen LogP contribution in [0.3, 0.4) is 0 Å². The molecule has 0 aliphatic carbocycles. The standard InChI is InChI=1S/C92H154N30O27S/c1-47(2)70(120-89(147)73(51(6)127)122-84(142)64(42-67(98)129)117-78(136)58(30-21-38-104-92(101)102)112-82(140)62(115-75(133)54(96)45-123)40-52-22-10-8-11-23-52)86(144)105-44-69(131)119-71(49(4)125)87(145)106-43-68(130)108-60(33-39-150-7)80(138)109-55(26-14-17-34-93)77(135)110-56(27-15-18-35-94)81(139)121-72(50(5)126)88(146)118-65(46-124)85(143)116-63(41-53-24-12-9-13-25-53)83(141)113-59(31-32-66(97)128)79(137)111-57(29-20-37-103-91(99)100)76(134)107-48(3)74(132)114-61(90(148)149)28-16-19-36-95/h8-13,22-25,47-51,54-65,70-73,123-127H,14-21,26-46,93-96H2,1-7H3,(H2,97,128)(H2,98,129)(H,105,144)(H,106,145)(H,107,134)(H,108,130)(H,109,138)(H,110,135)(H,111,137)(H,112,140)(H,113,141)(H,114,132)(H,115,133)(H,116,143)(H,117,136)(H,118,146)(H,119,131)(H,120,147)(H,121,139)(H,122,142)(H,148,149)(H4,99,100,103)(H4,101,102,104)/t48-,49+,50+,51+,54-,55-,56-,57-,58-,59-,60-,61-,62-,63-,64-,65-,70-,71-,72-,73+/m0/s1. The second kappa shape index (κ2) is 71.5. The van der Waals surface area contributed by atoms with Crippen LogP contribution in [-0.4, -0.2) is 359 Å². The molecule has 20 atom stereocenters. The molecule has 57 nitrogen and oxygen atoms in total. The predicted octanol–water partition coefficient (Wildman–Crippen LogP) is -13.5. The maximum Gasteiger partial charge on any atom is 0.326 e. The Morgan fingerprint density at radius 2 is 0.647 bits per heavy atom. The van der Waals surface area contributed by atoms with E-state index in [0.717, 1.165) is 20.8 Å². The Morgan fingerprint density at radius 1 is 0.327 bits per heavy atom. The van der Waals surface area contributed by atoms with Crippen LogP contribution in [0.15, 0.2) is 60.7 Å². The van der Waals surface area contributed by atoms with Crippen molar-refractivity contribution < 1.29 is 131 Å². The number of carbonyl (C=O) groups excluding carboxylic acids is 20. The van der Waals surface area contributed by atoms with E-state index in [9.17, 15) is 131 Å². The molecule has 58 heteroatoms. The minimum absolute atomic E-state index is 0.00922. The summed E-state index contributed by atoms with van der Waals surface area (Å²) in [5.74, 6) is -24.6. The van der Waals surface area contributed by atoms with E-state index in [4.69, 9.17) is 56.7 Å². The predicted molar refractivity (Wildman–Crippen MR) is 545 cm³/mol. The maximum atomic E-state index is 14.6. The van der Waals surface area contributed by atoms with E-state index in [-0.39, 0.29) is 122 Å². The molecule has 150 heavy (non-hydrogen) atoms. The summed E-state index contributed by atoms with van der Waals surface area (Å²) >= 11 is 1.24. The minimum Gasteiger partial charge on any atom is -0.480 e. The number of primary amides is 2. The van der Waals surface area contributed by atoms with Crippen molar-refractivity contribution in [2.24, 2.45) is 51.8 Å². The molecule has 0 heterocycles. The van der Waals surface area contributed by atoms with Crippen LogP contribution in [0, 0.1) is 16.7 Å². The van der Waals surface area contributed by atoms with Crippen molar-refractivity contribution in [2.75, 3.05) is 71.0 Å². The van der Waals surface area contributed by atoms with Gasteiger partial charge in [0.25, 0.3) is 0 Å². The van der Waals surface area contributed by atoms with E-state index in [2.05, 4.69) is 106 Å². The van der Waals surface area contributed by atoms with Gasteiger partial charge in [-0.15, -0.1) is 0 Å². The van der Waals surface area contributed by atoms with Gasteiger partial charge in [-0.1, -0.05) is 74.5 Å². The normalized spacial score (nSPS) is 15.1. The maximum absolute atomic E-state index is 14.6. The van der Waals surface area contributed by atoms with E-state index in [1.807, 2.05) is 0 Å². The summed E-state index contributed by atoms with van der Waals surface area (Å²) in [5, 5.41) is 126. The Kier molecular flexibility index (Phi) is 62.8. The fraction of sp³-hybridized carbons (Fsp3) is 0.620. The van der Waals surface area contributed by atoms with Crippen molar-refractivity contribution in [3.8, 4) is 0 Å². The molecule has 0 aliphatic rings. The number of hydrogen-bond donors (Lipinski definition) is 36. The Bertz CT molecular complexity index is 4770. The van der Waals surface area contributed by atoms with Gasteiger partial charge in [0.1, 0.15) is 103 Å². The number of hydrogen-bond acceptors (Lipinski definition) is 33. The van der Waals surface area contributed by atoms with Crippen LogP contribution in [0.1, 0.15) is 162 Å². The molecule has 0 aliphatic heterocycles. The van der Waals surface area contributed by atoms with Crippen molar-refractivity contribution in [3.05, 3.63) is 71.8 Å². The van der Waals surface area contributed by atoms with Crippen molar-refractivity contribution in [2.45, 2.75) is 285 Å². The molecule has 0 unspecified atom stereocenters. The number of carbonyl (C=O) groups is 21. The summed E-state index contributed by atoms with van der Waals surface area (Å²) < 4.78 is 0. The van der Waals surface area contributed by atoms with Gasteiger partial charge in [-0.25, -0.2) is 4.79 Å². The van der Waals surface area contributed by atoms with Gasteiger partial charge >= 0.3 is 5.97 Å². The molecule has 2 aromatic rings. The Labute approximate surface area is 871 Å². The quantitative estimate of drug-likeness (QED) is 0.0166. The number of nitrogens with two attached hydrogens (primary N) is 8. The summed E-state index contributed by atoms with van der Waals surface area (Å²) in [4.78, 5) is 289. The largest absolute Gasteiger partial charge is 0.480 e. The highest BCUT2D eigenvalue weighted by atomic mass is 32.2. The van der Waals surface area contributed by atoms with Crippen LogP contribution in [0.5, 0.6) is 0 Å². The lowest BCUT2D eigenvalue weighted by molar-refractivity contribution is -0.142. The summed E-state index contributed by atoms with van der Waals surface area (Å²) in [6.07, 6.45) is -5.33. The van der Waals surface area contributed by atoms with Gasteiger partial charge in [-0.2, -0.15) is 11.8 Å². The van der Waals surface area contributed by atoms with Crippen molar-refractivity contribution in [3.63, 3.8) is 0 Å².